The molecular weight excluding hydrogens is 363 g/mol. The highest BCUT2D eigenvalue weighted by molar-refractivity contribution is 7.89. The van der Waals surface area contributed by atoms with Gasteiger partial charge in [0.2, 0.25) is 10.0 Å². The molecule has 0 atom stereocenters. The quantitative estimate of drug-likeness (QED) is 0.839. The molecule has 3 N–H and O–H groups in total. The van der Waals surface area contributed by atoms with E-state index in [1.807, 2.05) is 0 Å². The standard InChI is InChI=1S/C14H12Cl2N2O4S/c15-11-5-2-6-12(16)14(11)22-8-13(19)18-9-3-1-4-10(7-9)23(17,20)21/h1-7H,8H2,(H,18,19)(H2,17,20,21). The van der Waals surface area contributed by atoms with E-state index in [0.29, 0.717) is 0 Å². The number of para-hydroxylation sites is 1. The minimum Gasteiger partial charge on any atom is -0.481 e. The number of hydrogen-bond donors (Lipinski definition) is 2. The minimum atomic E-state index is -3.85. The molecule has 122 valence electrons. The lowest BCUT2D eigenvalue weighted by molar-refractivity contribution is -0.118. The number of nitrogens with one attached hydrogen (secondary N) is 1. The van der Waals surface area contributed by atoms with Crippen molar-refractivity contribution in [2.75, 3.05) is 11.9 Å². The smallest absolute Gasteiger partial charge is 0.262 e. The lowest BCUT2D eigenvalue weighted by Gasteiger charge is -2.10. The van der Waals surface area contributed by atoms with Crippen molar-refractivity contribution in [3.05, 3.63) is 52.5 Å². The van der Waals surface area contributed by atoms with Crippen molar-refractivity contribution in [2.45, 2.75) is 4.90 Å². The Morgan fingerprint density at radius 2 is 1.74 bits per heavy atom. The van der Waals surface area contributed by atoms with Crippen LogP contribution in [0.1, 0.15) is 0 Å². The Labute approximate surface area is 143 Å². The van der Waals surface area contributed by atoms with E-state index >= 15 is 0 Å². The van der Waals surface area contributed by atoms with E-state index in [1.165, 1.54) is 24.3 Å². The van der Waals surface area contributed by atoms with Gasteiger partial charge in [-0.25, -0.2) is 13.6 Å². The van der Waals surface area contributed by atoms with Crippen LogP contribution in [0, 0.1) is 0 Å². The molecule has 2 rings (SSSR count). The Morgan fingerprint density at radius 1 is 1.13 bits per heavy atom. The maximum atomic E-state index is 11.9. The molecule has 1 amide bonds. The molecule has 0 aliphatic rings. The molecule has 0 fully saturated rings. The van der Waals surface area contributed by atoms with E-state index in [1.54, 1.807) is 18.2 Å². The summed E-state index contributed by atoms with van der Waals surface area (Å²) in [5, 5.41) is 8.08. The Bertz CT molecular complexity index is 820. The molecule has 2 aromatic rings. The zero-order valence-corrected chi connectivity index (χ0v) is 14.0. The van der Waals surface area contributed by atoms with Gasteiger partial charge in [0.05, 0.1) is 14.9 Å². The molecule has 9 heteroatoms. The van der Waals surface area contributed by atoms with Crippen molar-refractivity contribution < 1.29 is 17.9 Å². The Kier molecular flexibility index (Phi) is 5.48. The molecule has 0 saturated heterocycles. The first-order valence-corrected chi connectivity index (χ1v) is 8.57. The number of primary sulfonamides is 1. The first-order valence-electron chi connectivity index (χ1n) is 6.27. The van der Waals surface area contributed by atoms with E-state index in [0.717, 1.165) is 0 Å². The second kappa shape index (κ2) is 7.18. The van der Waals surface area contributed by atoms with Crippen molar-refractivity contribution in [1.29, 1.82) is 0 Å². The van der Waals surface area contributed by atoms with Gasteiger partial charge in [-0.05, 0) is 30.3 Å². The molecule has 0 saturated carbocycles. The van der Waals surface area contributed by atoms with Crippen molar-refractivity contribution in [3.8, 4) is 5.75 Å². The number of carbonyl (C=O) groups is 1. The summed E-state index contributed by atoms with van der Waals surface area (Å²) in [5.74, 6) is -0.308. The van der Waals surface area contributed by atoms with E-state index in [9.17, 15) is 13.2 Å². The Morgan fingerprint density at radius 3 is 2.35 bits per heavy atom. The predicted octanol–water partition coefficient (Wildman–Crippen LogP) is 2.66. The third-order valence-electron chi connectivity index (χ3n) is 2.71. The summed E-state index contributed by atoms with van der Waals surface area (Å²) < 4.78 is 27.8. The number of benzene rings is 2. The highest BCUT2D eigenvalue weighted by Gasteiger charge is 2.12. The van der Waals surface area contributed by atoms with Crippen LogP contribution in [-0.2, 0) is 14.8 Å². The Balaban J connectivity index is 2.03. The van der Waals surface area contributed by atoms with E-state index in [4.69, 9.17) is 33.1 Å². The average molecular weight is 375 g/mol. The third-order valence-corrected chi connectivity index (χ3v) is 4.22. The molecule has 2 aromatic carbocycles. The van der Waals surface area contributed by atoms with Gasteiger partial charge >= 0.3 is 0 Å². The summed E-state index contributed by atoms with van der Waals surface area (Å²) in [6.45, 7) is -0.344. The summed E-state index contributed by atoms with van der Waals surface area (Å²) in [6.07, 6.45) is 0. The van der Waals surface area contributed by atoms with Crippen LogP contribution < -0.4 is 15.2 Å². The molecule has 0 spiro atoms. The highest BCUT2D eigenvalue weighted by Crippen LogP contribution is 2.32. The molecule has 0 unspecified atom stereocenters. The topological polar surface area (TPSA) is 98.5 Å². The van der Waals surface area contributed by atoms with Gasteiger partial charge in [0, 0.05) is 5.69 Å². The number of ether oxygens (including phenoxy) is 1. The van der Waals surface area contributed by atoms with Crippen LogP contribution in [-0.4, -0.2) is 20.9 Å². The maximum absolute atomic E-state index is 11.9. The Hall–Kier alpha value is -1.80. The van der Waals surface area contributed by atoms with Gasteiger partial charge in [-0.1, -0.05) is 35.3 Å². The second-order valence-electron chi connectivity index (χ2n) is 4.46. The summed E-state index contributed by atoms with van der Waals surface area (Å²) in [5.41, 5.74) is 0.274. The predicted molar refractivity (Wildman–Crippen MR) is 88.4 cm³/mol. The number of anilines is 1. The van der Waals surface area contributed by atoms with Crippen molar-refractivity contribution >= 4 is 44.8 Å². The van der Waals surface area contributed by atoms with Gasteiger partial charge in [0.15, 0.2) is 12.4 Å². The minimum absolute atomic E-state index is 0.106. The summed E-state index contributed by atoms with van der Waals surface area (Å²) in [4.78, 5) is 11.8. The van der Waals surface area contributed by atoms with E-state index in [-0.39, 0.29) is 33.0 Å². The van der Waals surface area contributed by atoms with E-state index in [2.05, 4.69) is 5.32 Å². The largest absolute Gasteiger partial charge is 0.481 e. The molecule has 6 nitrogen and oxygen atoms in total. The molecule has 0 bridgehead atoms. The van der Waals surface area contributed by atoms with Crippen LogP contribution in [0.2, 0.25) is 10.0 Å². The summed E-state index contributed by atoms with van der Waals surface area (Å²) >= 11 is 11.8. The fraction of sp³-hybridized carbons (Fsp3) is 0.0714. The molecular formula is C14H12Cl2N2O4S. The highest BCUT2D eigenvalue weighted by atomic mass is 35.5. The summed E-state index contributed by atoms with van der Waals surface area (Å²) in [7, 11) is -3.85. The van der Waals surface area contributed by atoms with Crippen molar-refractivity contribution in [2.24, 2.45) is 5.14 Å². The average Bonchev–Trinajstić information content (AvgIpc) is 2.46. The van der Waals surface area contributed by atoms with Gasteiger partial charge in [0.25, 0.3) is 5.91 Å². The third kappa shape index (κ3) is 4.84. The molecule has 0 radical (unpaired) electrons. The molecule has 0 aromatic heterocycles. The number of hydrogen-bond acceptors (Lipinski definition) is 4. The molecule has 0 heterocycles. The fourth-order valence-corrected chi connectivity index (χ4v) is 2.77. The molecule has 23 heavy (non-hydrogen) atoms. The number of amides is 1. The van der Waals surface area contributed by atoms with Crippen LogP contribution in [0.5, 0.6) is 5.75 Å². The zero-order valence-electron chi connectivity index (χ0n) is 11.6. The fourth-order valence-electron chi connectivity index (χ4n) is 1.71. The SMILES string of the molecule is NS(=O)(=O)c1cccc(NC(=O)COc2c(Cl)cccc2Cl)c1. The van der Waals surface area contributed by atoms with Crippen molar-refractivity contribution in [3.63, 3.8) is 0 Å². The van der Waals surface area contributed by atoms with Crippen molar-refractivity contribution in [1.82, 2.24) is 0 Å². The number of carbonyl (C=O) groups excluding carboxylic acids is 1. The first kappa shape index (κ1) is 17.6. The van der Waals surface area contributed by atoms with Crippen LogP contribution in [0.3, 0.4) is 0 Å². The van der Waals surface area contributed by atoms with Gasteiger partial charge in [-0.15, -0.1) is 0 Å². The lowest BCUT2D eigenvalue weighted by atomic mass is 10.3. The molecule has 0 aliphatic heterocycles. The van der Waals surface area contributed by atoms with Crippen LogP contribution in [0.4, 0.5) is 5.69 Å². The maximum Gasteiger partial charge on any atom is 0.262 e. The lowest BCUT2D eigenvalue weighted by Crippen LogP contribution is -2.21. The first-order chi connectivity index (χ1) is 10.8. The second-order valence-corrected chi connectivity index (χ2v) is 6.84. The number of rotatable bonds is 5. The van der Waals surface area contributed by atoms with Crippen LogP contribution >= 0.6 is 23.2 Å². The van der Waals surface area contributed by atoms with Crippen LogP contribution in [0.15, 0.2) is 47.4 Å². The molecule has 0 aliphatic carbocycles. The van der Waals surface area contributed by atoms with Gasteiger partial charge in [-0.3, -0.25) is 4.79 Å². The van der Waals surface area contributed by atoms with Gasteiger partial charge in [-0.2, -0.15) is 0 Å². The normalized spacial score (nSPS) is 11.1. The van der Waals surface area contributed by atoms with Gasteiger partial charge < -0.3 is 10.1 Å². The number of nitrogens with two attached hydrogens (primary N) is 1. The van der Waals surface area contributed by atoms with Crippen LogP contribution in [0.25, 0.3) is 0 Å². The van der Waals surface area contributed by atoms with E-state index < -0.39 is 15.9 Å². The number of sulfonamides is 1. The summed E-state index contributed by atoms with van der Waals surface area (Å²) in [6, 6.07) is 10.4. The van der Waals surface area contributed by atoms with Gasteiger partial charge in [0.1, 0.15) is 0 Å². The monoisotopic (exact) mass is 374 g/mol. The number of halogens is 2. The zero-order chi connectivity index (χ0) is 17.0.